The van der Waals surface area contributed by atoms with Gasteiger partial charge in [-0.15, -0.1) is 0 Å². The van der Waals surface area contributed by atoms with Gasteiger partial charge in [0.1, 0.15) is 29.2 Å². The van der Waals surface area contributed by atoms with E-state index >= 15 is 0 Å². The van der Waals surface area contributed by atoms with Gasteiger partial charge in [0.25, 0.3) is 5.91 Å². The van der Waals surface area contributed by atoms with Gasteiger partial charge >= 0.3 is 18.2 Å². The van der Waals surface area contributed by atoms with Gasteiger partial charge in [0, 0.05) is 43.3 Å². The van der Waals surface area contributed by atoms with Gasteiger partial charge in [0.05, 0.1) is 16.0 Å². The second-order valence-corrected chi connectivity index (χ2v) is 16.8. The van der Waals surface area contributed by atoms with Crippen molar-refractivity contribution < 1.29 is 46.2 Å². The van der Waals surface area contributed by atoms with Crippen molar-refractivity contribution >= 4 is 45.0 Å². The van der Waals surface area contributed by atoms with Crippen LogP contribution in [0.2, 0.25) is 0 Å². The van der Waals surface area contributed by atoms with Crippen molar-refractivity contribution in [3.05, 3.63) is 54.0 Å². The summed E-state index contributed by atoms with van der Waals surface area (Å²) in [4.78, 5) is 52.9. The predicted octanol–water partition coefficient (Wildman–Crippen LogP) is 5.54. The first kappa shape index (κ1) is 38.3. The Kier molecular flexibility index (Phi) is 10.7. The van der Waals surface area contributed by atoms with Crippen molar-refractivity contribution in [2.24, 2.45) is 0 Å². The van der Waals surface area contributed by atoms with Crippen LogP contribution in [-0.2, 0) is 29.0 Å². The Morgan fingerprint density at radius 3 is 1.94 bits per heavy atom. The summed E-state index contributed by atoms with van der Waals surface area (Å²) in [5.41, 5.74) is -1.75. The Hall–Kier alpha value is -4.50. The van der Waals surface area contributed by atoms with Crippen LogP contribution in [0.3, 0.4) is 0 Å². The third-order valence-electron chi connectivity index (χ3n) is 7.21. The molecule has 4 rings (SSSR count). The Labute approximate surface area is 291 Å². The highest BCUT2D eigenvalue weighted by Crippen LogP contribution is 2.34. The van der Waals surface area contributed by atoms with E-state index in [2.05, 4.69) is 5.32 Å². The van der Waals surface area contributed by atoms with Crippen LogP contribution in [0.5, 0.6) is 0 Å². The molecule has 1 fully saturated rings. The van der Waals surface area contributed by atoms with Gasteiger partial charge < -0.3 is 24.4 Å². The van der Waals surface area contributed by atoms with E-state index in [1.54, 1.807) is 62.3 Å². The molecule has 13 nitrogen and oxygen atoms in total. The van der Waals surface area contributed by atoms with E-state index in [1.807, 2.05) is 0 Å². The number of piperazine rings is 1. The number of esters is 1. The molecule has 2 amide bonds. The average molecular weight is 717 g/mol. The molecule has 0 bridgehead atoms. The number of carbonyl (C=O) groups excluding carboxylic acids is 4. The number of ether oxygens (including phenoxy) is 3. The van der Waals surface area contributed by atoms with Crippen molar-refractivity contribution in [1.82, 2.24) is 19.1 Å². The molecule has 0 saturated carbocycles. The standard InChI is InChI=1S/C35H45FN4O9S/c1-33(2,3)47-29(41)20-37-30(42)25-18-22(26-21-40(32(44)49-35(7,8)9)27-19-23(36)11-12-24(26)27)10-13-28(25)50(45,46)39-16-14-38(15-17-39)31(43)48-34(4,5)6/h10-13,18-19,21H,14-17,20H2,1-9H3,(H,37,42). The predicted molar refractivity (Wildman–Crippen MR) is 184 cm³/mol. The quantitative estimate of drug-likeness (QED) is 0.256. The van der Waals surface area contributed by atoms with E-state index in [0.717, 1.165) is 4.57 Å². The summed E-state index contributed by atoms with van der Waals surface area (Å²) in [6, 6.07) is 7.95. The van der Waals surface area contributed by atoms with Crippen LogP contribution in [0.25, 0.3) is 22.0 Å². The lowest BCUT2D eigenvalue weighted by molar-refractivity contribution is -0.153. The normalized spacial score (nSPS) is 14.7. The largest absolute Gasteiger partial charge is 0.459 e. The molecule has 1 N–H and O–H groups in total. The first-order valence-electron chi connectivity index (χ1n) is 16.1. The third kappa shape index (κ3) is 9.38. The lowest BCUT2D eigenvalue weighted by atomic mass is 10.0. The molecule has 272 valence electrons. The Morgan fingerprint density at radius 1 is 0.780 bits per heavy atom. The number of amides is 2. The van der Waals surface area contributed by atoms with Crippen molar-refractivity contribution in [3.63, 3.8) is 0 Å². The molecule has 1 aromatic heterocycles. The highest BCUT2D eigenvalue weighted by atomic mass is 32.2. The summed E-state index contributed by atoms with van der Waals surface area (Å²) in [5, 5.41) is 2.89. The fourth-order valence-electron chi connectivity index (χ4n) is 5.19. The molecule has 0 spiro atoms. The maximum Gasteiger partial charge on any atom is 0.419 e. The zero-order valence-corrected chi connectivity index (χ0v) is 30.7. The maximum atomic E-state index is 14.4. The van der Waals surface area contributed by atoms with E-state index in [9.17, 15) is 32.0 Å². The Balaban J connectivity index is 1.75. The van der Waals surface area contributed by atoms with Gasteiger partial charge in [-0.2, -0.15) is 4.31 Å². The molecule has 0 radical (unpaired) electrons. The van der Waals surface area contributed by atoms with E-state index in [0.29, 0.717) is 16.5 Å². The van der Waals surface area contributed by atoms with Crippen LogP contribution in [-0.4, -0.2) is 95.8 Å². The van der Waals surface area contributed by atoms with Gasteiger partial charge in [0.2, 0.25) is 10.0 Å². The molecule has 2 aromatic carbocycles. The molecular formula is C35H45FN4O9S. The van der Waals surface area contributed by atoms with Gasteiger partial charge in [-0.3, -0.25) is 14.2 Å². The minimum absolute atomic E-state index is 0.0583. The van der Waals surface area contributed by atoms with Crippen LogP contribution < -0.4 is 5.32 Å². The fourth-order valence-corrected chi connectivity index (χ4v) is 6.79. The summed E-state index contributed by atoms with van der Waals surface area (Å²) in [6.45, 7) is 14.8. The zero-order valence-electron chi connectivity index (χ0n) is 29.9. The summed E-state index contributed by atoms with van der Waals surface area (Å²) in [7, 11) is -4.32. The monoisotopic (exact) mass is 716 g/mol. The number of aromatic nitrogens is 1. The smallest absolute Gasteiger partial charge is 0.419 e. The molecule has 0 atom stereocenters. The Morgan fingerprint density at radius 2 is 1.36 bits per heavy atom. The number of benzene rings is 2. The van der Waals surface area contributed by atoms with Crippen LogP contribution in [0.15, 0.2) is 47.5 Å². The highest BCUT2D eigenvalue weighted by Gasteiger charge is 2.35. The number of halogens is 1. The summed E-state index contributed by atoms with van der Waals surface area (Å²) < 4.78 is 61.1. The SMILES string of the molecule is CC(C)(C)OC(=O)CNC(=O)c1cc(-c2cn(C(=O)OC(C)(C)C)c3cc(F)ccc23)ccc1S(=O)(=O)N1CCN(C(=O)OC(C)(C)C)CC1. The number of fused-ring (bicyclic) bond motifs is 1. The van der Waals surface area contributed by atoms with Crippen LogP contribution >= 0.6 is 0 Å². The topological polar surface area (TPSA) is 154 Å². The van der Waals surface area contributed by atoms with E-state index in [4.69, 9.17) is 14.2 Å². The van der Waals surface area contributed by atoms with Crippen LogP contribution in [0.1, 0.15) is 72.7 Å². The number of nitrogens with zero attached hydrogens (tertiary/aromatic N) is 3. The zero-order chi connectivity index (χ0) is 37.4. The van der Waals surface area contributed by atoms with Crippen molar-refractivity contribution in [1.29, 1.82) is 0 Å². The average Bonchev–Trinajstić information content (AvgIpc) is 3.36. The molecule has 0 unspecified atom stereocenters. The molecular weight excluding hydrogens is 671 g/mol. The Bertz CT molecular complexity index is 1910. The lowest BCUT2D eigenvalue weighted by Crippen LogP contribution is -2.51. The van der Waals surface area contributed by atoms with Gasteiger partial charge in [0.15, 0.2) is 0 Å². The van der Waals surface area contributed by atoms with E-state index in [1.165, 1.54) is 51.8 Å². The molecule has 50 heavy (non-hydrogen) atoms. The molecule has 0 aliphatic carbocycles. The van der Waals surface area contributed by atoms with Crippen LogP contribution in [0, 0.1) is 5.82 Å². The molecule has 1 saturated heterocycles. The van der Waals surface area contributed by atoms with Gasteiger partial charge in [-0.25, -0.2) is 22.4 Å². The molecule has 15 heteroatoms. The van der Waals surface area contributed by atoms with Gasteiger partial charge in [-0.05, 0) is 98.2 Å². The number of hydrogen-bond acceptors (Lipinski definition) is 9. The molecule has 1 aliphatic heterocycles. The second kappa shape index (κ2) is 14.0. The van der Waals surface area contributed by atoms with Crippen LogP contribution in [0.4, 0.5) is 14.0 Å². The summed E-state index contributed by atoms with van der Waals surface area (Å²) in [6.07, 6.45) is 0.103. The minimum Gasteiger partial charge on any atom is -0.459 e. The highest BCUT2D eigenvalue weighted by molar-refractivity contribution is 7.89. The number of rotatable bonds is 6. The second-order valence-electron chi connectivity index (χ2n) is 14.9. The fraction of sp³-hybridized carbons (Fsp3) is 0.486. The third-order valence-corrected chi connectivity index (χ3v) is 9.17. The molecule has 3 aromatic rings. The first-order chi connectivity index (χ1) is 22.9. The van der Waals surface area contributed by atoms with Gasteiger partial charge in [-0.1, -0.05) is 6.07 Å². The molecule has 2 heterocycles. The number of sulfonamides is 1. The van der Waals surface area contributed by atoms with Crippen molar-refractivity contribution in [2.75, 3.05) is 32.7 Å². The van der Waals surface area contributed by atoms with E-state index in [-0.39, 0.29) is 42.2 Å². The lowest BCUT2D eigenvalue weighted by Gasteiger charge is -2.35. The summed E-state index contributed by atoms with van der Waals surface area (Å²) in [5.74, 6) is -2.19. The minimum atomic E-state index is -4.32. The maximum absolute atomic E-state index is 14.4. The first-order valence-corrected chi connectivity index (χ1v) is 17.6. The van der Waals surface area contributed by atoms with Crippen molar-refractivity contribution in [2.45, 2.75) is 84.0 Å². The number of nitrogens with one attached hydrogen (secondary N) is 1. The number of hydrogen-bond donors (Lipinski definition) is 1. The number of carbonyl (C=O) groups is 4. The van der Waals surface area contributed by atoms with E-state index < -0.39 is 63.3 Å². The molecule has 1 aliphatic rings. The summed E-state index contributed by atoms with van der Waals surface area (Å²) >= 11 is 0. The van der Waals surface area contributed by atoms with Crippen molar-refractivity contribution in [3.8, 4) is 11.1 Å².